The highest BCUT2D eigenvalue weighted by Gasteiger charge is 2.32. The fourth-order valence-corrected chi connectivity index (χ4v) is 3.88. The van der Waals surface area contributed by atoms with Crippen molar-refractivity contribution in [3.05, 3.63) is 77.0 Å². The Morgan fingerprint density at radius 1 is 1.16 bits per heavy atom. The first-order valence-electron chi connectivity index (χ1n) is 10.2. The highest BCUT2D eigenvalue weighted by atomic mass is 35.5. The van der Waals surface area contributed by atoms with E-state index in [2.05, 4.69) is 10.4 Å². The van der Waals surface area contributed by atoms with Crippen molar-refractivity contribution >= 4 is 40.1 Å². The molecule has 164 valence electrons. The molecule has 32 heavy (non-hydrogen) atoms. The zero-order valence-electron chi connectivity index (χ0n) is 17.4. The molecule has 1 N–H and O–H groups in total. The average Bonchev–Trinajstić information content (AvgIpc) is 3.23. The molecular formula is C24H21ClN3O4-. The maximum atomic E-state index is 12.9. The molecule has 4 rings (SSSR count). The Balaban J connectivity index is 1.74. The van der Waals surface area contributed by atoms with Crippen LogP contribution in [0.5, 0.6) is 5.75 Å². The number of halogens is 1. The molecule has 3 aromatic rings. The van der Waals surface area contributed by atoms with Gasteiger partial charge in [0, 0.05) is 29.4 Å². The number of pyridine rings is 1. The quantitative estimate of drug-likeness (QED) is 0.555. The van der Waals surface area contributed by atoms with Gasteiger partial charge in [-0.1, -0.05) is 41.9 Å². The number of benzene rings is 2. The van der Waals surface area contributed by atoms with Gasteiger partial charge in [-0.15, -0.1) is 0 Å². The van der Waals surface area contributed by atoms with Crippen molar-refractivity contribution in [1.29, 1.82) is 0 Å². The van der Waals surface area contributed by atoms with Crippen LogP contribution in [0.2, 0.25) is 5.15 Å². The van der Waals surface area contributed by atoms with Crippen molar-refractivity contribution in [2.45, 2.75) is 25.8 Å². The molecule has 1 aliphatic heterocycles. The number of carbonyl (C=O) groups excluding carboxylic acids is 2. The highest BCUT2D eigenvalue weighted by molar-refractivity contribution is 6.30. The first-order valence-corrected chi connectivity index (χ1v) is 10.6. The molecule has 7 nitrogen and oxygen atoms in total. The molecule has 0 spiro atoms. The normalized spacial score (nSPS) is 15.4. The van der Waals surface area contributed by atoms with Crippen molar-refractivity contribution in [2.24, 2.45) is 0 Å². The third kappa shape index (κ3) is 4.53. The fraction of sp³-hybridized carbons (Fsp3) is 0.208. The minimum Gasteiger partial charge on any atom is -0.550 e. The highest BCUT2D eigenvalue weighted by Crippen LogP contribution is 2.36. The number of nitrogens with zero attached hydrogens (tertiary/aromatic N) is 2. The molecule has 0 aliphatic carbocycles. The standard InChI is InChI=1S/C24H22ClN3O4/c1-2-32-17-9-8-16-12-18(24(25)26-19(16)13-17)21-14-20(15-6-4-3-5-7-15)27-28(21)22(29)10-11-23(30)31/h3-9,12-14,21,27H,2,10-11H2,1H3,(H,30,31)/p-1/t21-/m1/s1. The van der Waals surface area contributed by atoms with E-state index in [4.69, 9.17) is 16.3 Å². The fourth-order valence-electron chi connectivity index (χ4n) is 3.63. The van der Waals surface area contributed by atoms with Crippen molar-refractivity contribution in [3.63, 3.8) is 0 Å². The second-order valence-corrected chi connectivity index (χ2v) is 7.65. The van der Waals surface area contributed by atoms with Crippen LogP contribution in [0.15, 0.2) is 60.7 Å². The second kappa shape index (κ2) is 9.28. The number of hydrogen-bond acceptors (Lipinski definition) is 6. The first-order chi connectivity index (χ1) is 15.5. The third-order valence-corrected chi connectivity index (χ3v) is 5.44. The predicted octanol–water partition coefficient (Wildman–Crippen LogP) is 3.25. The molecule has 1 amide bonds. The first kappa shape index (κ1) is 21.6. The van der Waals surface area contributed by atoms with Gasteiger partial charge in [-0.05, 0) is 43.2 Å². The Hall–Kier alpha value is -3.58. The van der Waals surface area contributed by atoms with E-state index in [1.54, 1.807) is 0 Å². The topological polar surface area (TPSA) is 94.6 Å². The number of aromatic nitrogens is 1. The lowest BCUT2D eigenvalue weighted by Gasteiger charge is -2.26. The lowest BCUT2D eigenvalue weighted by Crippen LogP contribution is -2.40. The van der Waals surface area contributed by atoms with E-state index in [1.807, 2.05) is 67.6 Å². The summed E-state index contributed by atoms with van der Waals surface area (Å²) in [5.41, 5.74) is 6.02. The van der Waals surface area contributed by atoms with Gasteiger partial charge in [0.05, 0.1) is 17.8 Å². The van der Waals surface area contributed by atoms with Crippen molar-refractivity contribution in [2.75, 3.05) is 6.61 Å². The SMILES string of the molecule is CCOc1ccc2cc([C@H]3C=C(c4ccccc4)NN3C(=O)CCC(=O)[O-])c(Cl)nc2c1. The molecule has 2 aromatic carbocycles. The molecule has 0 bridgehead atoms. The van der Waals surface area contributed by atoms with Crippen LogP contribution >= 0.6 is 11.6 Å². The largest absolute Gasteiger partial charge is 0.550 e. The Morgan fingerprint density at radius 3 is 2.66 bits per heavy atom. The number of ether oxygens (including phenoxy) is 1. The van der Waals surface area contributed by atoms with Crippen LogP contribution in [-0.2, 0) is 9.59 Å². The number of carboxylic acids is 1. The number of nitrogens with one attached hydrogen (secondary N) is 1. The van der Waals surface area contributed by atoms with Gasteiger partial charge in [0.15, 0.2) is 0 Å². The number of carboxylic acid groups (broad SMARTS) is 1. The third-order valence-electron chi connectivity index (χ3n) is 5.14. The van der Waals surface area contributed by atoms with Crippen LogP contribution < -0.4 is 15.3 Å². The van der Waals surface area contributed by atoms with Crippen LogP contribution in [-0.4, -0.2) is 28.5 Å². The van der Waals surface area contributed by atoms with Gasteiger partial charge >= 0.3 is 0 Å². The van der Waals surface area contributed by atoms with E-state index in [0.717, 1.165) is 16.6 Å². The average molecular weight is 451 g/mol. The number of carbonyl (C=O) groups is 2. The van der Waals surface area contributed by atoms with E-state index in [0.29, 0.717) is 23.4 Å². The molecule has 0 unspecified atom stereocenters. The molecule has 1 atom stereocenters. The lowest BCUT2D eigenvalue weighted by molar-refractivity contribution is -0.305. The molecule has 2 heterocycles. The summed E-state index contributed by atoms with van der Waals surface area (Å²) >= 11 is 6.55. The summed E-state index contributed by atoms with van der Waals surface area (Å²) in [5.74, 6) is -0.964. The summed E-state index contributed by atoms with van der Waals surface area (Å²) in [4.78, 5) is 28.2. The van der Waals surface area contributed by atoms with Crippen molar-refractivity contribution in [1.82, 2.24) is 15.4 Å². The Labute approximate surface area is 190 Å². The van der Waals surface area contributed by atoms with E-state index in [-0.39, 0.29) is 23.9 Å². The van der Waals surface area contributed by atoms with E-state index in [1.165, 1.54) is 5.01 Å². The maximum Gasteiger partial charge on any atom is 0.242 e. The van der Waals surface area contributed by atoms with Gasteiger partial charge in [0.25, 0.3) is 0 Å². The lowest BCUT2D eigenvalue weighted by atomic mass is 10.0. The van der Waals surface area contributed by atoms with Crippen LogP contribution in [0.4, 0.5) is 0 Å². The summed E-state index contributed by atoms with van der Waals surface area (Å²) in [6, 6.07) is 16.4. The molecule has 0 fully saturated rings. The number of hydrazine groups is 1. The number of fused-ring (bicyclic) bond motifs is 1. The molecular weight excluding hydrogens is 430 g/mol. The number of amides is 1. The van der Waals surface area contributed by atoms with Gasteiger partial charge < -0.3 is 14.6 Å². The number of aliphatic carboxylic acids is 1. The molecule has 0 radical (unpaired) electrons. The minimum absolute atomic E-state index is 0.196. The van der Waals surface area contributed by atoms with Gasteiger partial charge in [-0.2, -0.15) is 0 Å². The Morgan fingerprint density at radius 2 is 1.94 bits per heavy atom. The Bertz CT molecular complexity index is 1200. The van der Waals surface area contributed by atoms with Gasteiger partial charge in [-0.3, -0.25) is 10.2 Å². The van der Waals surface area contributed by atoms with Crippen LogP contribution in [0.25, 0.3) is 16.6 Å². The number of rotatable bonds is 7. The summed E-state index contributed by atoms with van der Waals surface area (Å²) in [6.07, 6.45) is 1.32. The van der Waals surface area contributed by atoms with E-state index < -0.39 is 12.0 Å². The number of hydrogen-bond donors (Lipinski definition) is 1. The predicted molar refractivity (Wildman–Crippen MR) is 119 cm³/mol. The molecule has 1 aliphatic rings. The monoisotopic (exact) mass is 450 g/mol. The van der Waals surface area contributed by atoms with Gasteiger partial charge in [0.2, 0.25) is 5.91 Å². The second-order valence-electron chi connectivity index (χ2n) is 7.29. The van der Waals surface area contributed by atoms with Gasteiger partial charge in [-0.25, -0.2) is 9.99 Å². The zero-order valence-corrected chi connectivity index (χ0v) is 18.1. The molecule has 1 aromatic heterocycles. The molecule has 0 saturated carbocycles. The Kier molecular flexibility index (Phi) is 6.28. The van der Waals surface area contributed by atoms with E-state index >= 15 is 0 Å². The van der Waals surface area contributed by atoms with Crippen LogP contribution in [0, 0.1) is 0 Å². The van der Waals surface area contributed by atoms with Gasteiger partial charge in [0.1, 0.15) is 16.9 Å². The maximum absolute atomic E-state index is 12.9. The molecule has 0 saturated heterocycles. The van der Waals surface area contributed by atoms with Crippen LogP contribution in [0.3, 0.4) is 0 Å². The smallest absolute Gasteiger partial charge is 0.242 e. The summed E-state index contributed by atoms with van der Waals surface area (Å²) in [7, 11) is 0. The minimum atomic E-state index is -1.28. The van der Waals surface area contributed by atoms with Crippen molar-refractivity contribution < 1.29 is 19.4 Å². The van der Waals surface area contributed by atoms with Crippen LogP contribution in [0.1, 0.15) is 36.9 Å². The summed E-state index contributed by atoms with van der Waals surface area (Å²) < 4.78 is 5.53. The van der Waals surface area contributed by atoms with Crippen molar-refractivity contribution in [3.8, 4) is 5.75 Å². The molecule has 8 heteroatoms. The van der Waals surface area contributed by atoms with E-state index in [9.17, 15) is 14.7 Å². The summed E-state index contributed by atoms with van der Waals surface area (Å²) in [5, 5.41) is 13.4. The zero-order chi connectivity index (χ0) is 22.7. The summed E-state index contributed by atoms with van der Waals surface area (Å²) in [6.45, 7) is 2.45.